The normalized spacial score (nSPS) is 23.1. The summed E-state index contributed by atoms with van der Waals surface area (Å²) in [5, 5.41) is 12.8. The summed E-state index contributed by atoms with van der Waals surface area (Å²) in [7, 11) is 1.73. The van der Waals surface area contributed by atoms with Crippen molar-refractivity contribution >= 4 is 18.0 Å². The Morgan fingerprint density at radius 3 is 2.73 bits per heavy atom. The van der Waals surface area contributed by atoms with Crippen LogP contribution < -0.4 is 5.32 Å². The number of hydrogen-bond acceptors (Lipinski definition) is 4. The molecule has 9 heteroatoms. The lowest BCUT2D eigenvalue weighted by molar-refractivity contribution is -0.135. The number of nitrogens with zero attached hydrogens (tertiary/aromatic N) is 4. The Labute approximate surface area is 218 Å². The summed E-state index contributed by atoms with van der Waals surface area (Å²) >= 11 is 0. The maximum Gasteiger partial charge on any atom is 0.322 e. The van der Waals surface area contributed by atoms with Crippen molar-refractivity contribution in [3.8, 4) is 5.75 Å². The largest absolute Gasteiger partial charge is 0.508 e. The molecule has 37 heavy (non-hydrogen) atoms. The number of carbonyl (C=O) groups excluding carboxylic acids is 3. The molecule has 0 unspecified atom stereocenters. The Morgan fingerprint density at radius 1 is 1.14 bits per heavy atom. The fourth-order valence-corrected chi connectivity index (χ4v) is 5.97. The van der Waals surface area contributed by atoms with Gasteiger partial charge < -0.3 is 30.0 Å². The standard InChI is InChI=1S/C28H37N5O4/c1-30(25-11-4-5-14-32(26(25)35)18-20-7-6-9-23(34)17-20)28(37)31-15-12-22(13-16-31)33-19-21-8-2-3-10-24(21)29-27(33)36/h3,6-7,9-10,17,22,25,34H,2,4-5,8,11-16,18-19H2,1H3,(H,29,36)/t25-/m1/s1. The SMILES string of the molecule is CN(C(=O)N1CCC(N2CC3=C(C=CCC3)NC2=O)CC1)[C@@H]1CCCCN(Cc2cccc(O)c2)C1=O. The van der Waals surface area contributed by atoms with Crippen LogP contribution in [0.3, 0.4) is 0 Å². The average Bonchev–Trinajstić information content (AvgIpc) is 3.08. The predicted octanol–water partition coefficient (Wildman–Crippen LogP) is 3.42. The number of nitrogens with one attached hydrogen (secondary N) is 1. The van der Waals surface area contributed by atoms with Crippen molar-refractivity contribution in [3.63, 3.8) is 0 Å². The molecule has 1 atom stereocenters. The summed E-state index contributed by atoms with van der Waals surface area (Å²) in [5.41, 5.74) is 3.11. The van der Waals surface area contributed by atoms with Crippen LogP contribution in [0.15, 0.2) is 47.7 Å². The van der Waals surface area contributed by atoms with Crippen molar-refractivity contribution in [2.24, 2.45) is 0 Å². The molecule has 4 aliphatic rings. The fraction of sp³-hybridized carbons (Fsp3) is 0.536. The van der Waals surface area contributed by atoms with Gasteiger partial charge in [0.15, 0.2) is 0 Å². The maximum absolute atomic E-state index is 13.5. The summed E-state index contributed by atoms with van der Waals surface area (Å²) in [6, 6.07) is 6.40. The van der Waals surface area contributed by atoms with Gasteiger partial charge in [-0.3, -0.25) is 4.79 Å². The van der Waals surface area contributed by atoms with E-state index in [1.807, 2.05) is 21.9 Å². The number of benzene rings is 1. The number of allylic oxidation sites excluding steroid dienone is 2. The van der Waals surface area contributed by atoms with Crippen molar-refractivity contribution in [2.45, 2.75) is 63.6 Å². The van der Waals surface area contributed by atoms with E-state index in [9.17, 15) is 19.5 Å². The van der Waals surface area contributed by atoms with E-state index in [0.717, 1.165) is 49.8 Å². The molecule has 0 aromatic heterocycles. The number of piperidine rings is 1. The molecule has 0 saturated carbocycles. The fourth-order valence-electron chi connectivity index (χ4n) is 5.97. The molecular formula is C28H37N5O4. The van der Waals surface area contributed by atoms with E-state index in [1.165, 1.54) is 5.57 Å². The monoisotopic (exact) mass is 507 g/mol. The highest BCUT2D eigenvalue weighted by Crippen LogP contribution is 2.27. The van der Waals surface area contributed by atoms with Crippen LogP contribution in [0.1, 0.15) is 50.5 Å². The number of urea groups is 2. The summed E-state index contributed by atoms with van der Waals surface area (Å²) < 4.78 is 0. The maximum atomic E-state index is 13.5. The van der Waals surface area contributed by atoms with E-state index in [0.29, 0.717) is 39.1 Å². The summed E-state index contributed by atoms with van der Waals surface area (Å²) in [4.78, 5) is 46.8. The molecule has 1 aromatic rings. The lowest BCUT2D eigenvalue weighted by atomic mass is 9.97. The van der Waals surface area contributed by atoms with Crippen LogP contribution in [-0.2, 0) is 11.3 Å². The summed E-state index contributed by atoms with van der Waals surface area (Å²) in [6.45, 7) is 2.86. The van der Waals surface area contributed by atoms with Crippen LogP contribution >= 0.6 is 0 Å². The van der Waals surface area contributed by atoms with E-state index >= 15 is 0 Å². The van der Waals surface area contributed by atoms with Crippen molar-refractivity contribution in [1.29, 1.82) is 0 Å². The van der Waals surface area contributed by atoms with Crippen LogP contribution in [0.2, 0.25) is 0 Å². The first-order valence-electron chi connectivity index (χ1n) is 13.5. The second-order valence-electron chi connectivity index (χ2n) is 10.6. The number of carbonyl (C=O) groups is 3. The summed E-state index contributed by atoms with van der Waals surface area (Å²) in [5.74, 6) is 0.143. The highest BCUT2D eigenvalue weighted by atomic mass is 16.3. The molecule has 9 nitrogen and oxygen atoms in total. The van der Waals surface area contributed by atoms with E-state index in [-0.39, 0.29) is 29.8 Å². The summed E-state index contributed by atoms with van der Waals surface area (Å²) in [6.07, 6.45) is 9.96. The average molecular weight is 508 g/mol. The molecule has 3 aliphatic heterocycles. The molecule has 2 fully saturated rings. The van der Waals surface area contributed by atoms with Gasteiger partial charge in [0.25, 0.3) is 0 Å². The number of rotatable bonds is 4. The van der Waals surface area contributed by atoms with Gasteiger partial charge in [-0.05, 0) is 74.3 Å². The number of likely N-dealkylation sites (tertiary alicyclic amines) is 2. The second kappa shape index (κ2) is 10.9. The smallest absolute Gasteiger partial charge is 0.322 e. The predicted molar refractivity (Wildman–Crippen MR) is 140 cm³/mol. The van der Waals surface area contributed by atoms with Gasteiger partial charge in [-0.25, -0.2) is 9.59 Å². The third-order valence-electron chi connectivity index (χ3n) is 8.12. The van der Waals surface area contributed by atoms with Crippen LogP contribution in [0, 0.1) is 0 Å². The Kier molecular flexibility index (Phi) is 7.39. The highest BCUT2D eigenvalue weighted by Gasteiger charge is 2.37. The Balaban J connectivity index is 1.18. The number of amides is 5. The third-order valence-corrected chi connectivity index (χ3v) is 8.12. The van der Waals surface area contributed by atoms with Gasteiger partial charge in [0.1, 0.15) is 11.8 Å². The molecule has 1 aliphatic carbocycles. The van der Waals surface area contributed by atoms with Gasteiger partial charge in [0, 0.05) is 51.5 Å². The quantitative estimate of drug-likeness (QED) is 0.653. The molecule has 5 rings (SSSR count). The second-order valence-corrected chi connectivity index (χ2v) is 10.6. The van der Waals surface area contributed by atoms with Gasteiger partial charge >= 0.3 is 12.1 Å². The van der Waals surface area contributed by atoms with Gasteiger partial charge in [-0.1, -0.05) is 18.2 Å². The Hall–Kier alpha value is -3.49. The van der Waals surface area contributed by atoms with Crippen LogP contribution in [0.5, 0.6) is 5.75 Å². The lowest BCUT2D eigenvalue weighted by Gasteiger charge is -2.42. The van der Waals surface area contributed by atoms with E-state index < -0.39 is 6.04 Å². The third kappa shape index (κ3) is 5.45. The topological polar surface area (TPSA) is 96.4 Å². The molecule has 3 heterocycles. The first-order chi connectivity index (χ1) is 17.9. The molecule has 1 aromatic carbocycles. The van der Waals surface area contributed by atoms with Crippen LogP contribution in [0.25, 0.3) is 0 Å². The molecule has 2 saturated heterocycles. The Bertz CT molecular complexity index is 1110. The van der Waals surface area contributed by atoms with E-state index in [1.54, 1.807) is 35.0 Å². The van der Waals surface area contributed by atoms with Gasteiger partial charge in [-0.2, -0.15) is 0 Å². The van der Waals surface area contributed by atoms with Crippen molar-refractivity contribution in [1.82, 2.24) is 24.9 Å². The zero-order valence-corrected chi connectivity index (χ0v) is 21.6. The molecule has 0 radical (unpaired) electrons. The van der Waals surface area contributed by atoms with Crippen molar-refractivity contribution in [3.05, 3.63) is 53.3 Å². The minimum atomic E-state index is -0.498. The minimum Gasteiger partial charge on any atom is -0.508 e. The molecular weight excluding hydrogens is 470 g/mol. The molecule has 5 amide bonds. The first kappa shape index (κ1) is 25.2. The molecule has 198 valence electrons. The van der Waals surface area contributed by atoms with Crippen LogP contribution in [0.4, 0.5) is 9.59 Å². The number of phenols is 1. The lowest BCUT2D eigenvalue weighted by Crippen LogP contribution is -2.57. The zero-order valence-electron chi connectivity index (χ0n) is 21.6. The first-order valence-corrected chi connectivity index (χ1v) is 13.5. The van der Waals surface area contributed by atoms with Gasteiger partial charge in [0.2, 0.25) is 5.91 Å². The van der Waals surface area contributed by atoms with Gasteiger partial charge in [0.05, 0.1) is 0 Å². The molecule has 0 bridgehead atoms. The van der Waals surface area contributed by atoms with E-state index in [4.69, 9.17) is 0 Å². The number of phenolic OH excluding ortho intramolecular Hbond substituents is 1. The zero-order chi connectivity index (χ0) is 25.9. The molecule has 2 N–H and O–H groups in total. The van der Waals surface area contributed by atoms with E-state index in [2.05, 4.69) is 11.4 Å². The number of aromatic hydroxyl groups is 1. The van der Waals surface area contributed by atoms with Crippen LogP contribution in [-0.4, -0.2) is 88.0 Å². The van der Waals surface area contributed by atoms with Crippen molar-refractivity contribution in [2.75, 3.05) is 33.2 Å². The van der Waals surface area contributed by atoms with Crippen molar-refractivity contribution < 1.29 is 19.5 Å². The number of likely N-dealkylation sites (N-methyl/N-ethyl adjacent to an activating group) is 1. The highest BCUT2D eigenvalue weighted by molar-refractivity contribution is 5.87. The minimum absolute atomic E-state index is 0.0397. The van der Waals surface area contributed by atoms with Gasteiger partial charge in [-0.15, -0.1) is 0 Å². The number of hydrogen-bond donors (Lipinski definition) is 2. The molecule has 0 spiro atoms. The Morgan fingerprint density at radius 2 is 1.95 bits per heavy atom.